The summed E-state index contributed by atoms with van der Waals surface area (Å²) in [6.07, 6.45) is 0. The minimum Gasteiger partial charge on any atom is -0.382 e. The first-order valence-corrected chi connectivity index (χ1v) is 5.02. The van der Waals surface area contributed by atoms with Crippen molar-refractivity contribution in [3.05, 3.63) is 23.8 Å². The molecule has 15 heavy (non-hydrogen) atoms. The monoisotopic (exact) mass is 203 g/mol. The third-order valence-corrected chi connectivity index (χ3v) is 2.08. The molecule has 80 valence electrons. The van der Waals surface area contributed by atoms with Gasteiger partial charge in [0.15, 0.2) is 0 Å². The fraction of sp³-hybridized carbons (Fsp3) is 0.417. The van der Waals surface area contributed by atoms with E-state index in [9.17, 15) is 0 Å². The molecule has 0 aliphatic carbocycles. The molecule has 0 amide bonds. The normalized spacial score (nSPS) is 9.87. The van der Waals surface area contributed by atoms with Crippen molar-refractivity contribution < 1.29 is 0 Å². The van der Waals surface area contributed by atoms with Crippen molar-refractivity contribution in [1.29, 1.82) is 5.26 Å². The molecule has 0 spiro atoms. The first-order chi connectivity index (χ1) is 7.04. The molecule has 0 radical (unpaired) electrons. The Hall–Kier alpha value is -1.69. The summed E-state index contributed by atoms with van der Waals surface area (Å²) in [6.45, 7) is 4.12. The van der Waals surface area contributed by atoms with E-state index < -0.39 is 0 Å². The smallest absolute Gasteiger partial charge is 0.101 e. The van der Waals surface area contributed by atoms with E-state index in [2.05, 4.69) is 25.2 Å². The molecule has 3 nitrogen and oxygen atoms in total. The largest absolute Gasteiger partial charge is 0.382 e. The lowest BCUT2D eigenvalue weighted by molar-refractivity contribution is 0.898. The number of hydrogen-bond donors (Lipinski definition) is 1. The van der Waals surface area contributed by atoms with Gasteiger partial charge in [0.05, 0.1) is 11.3 Å². The summed E-state index contributed by atoms with van der Waals surface area (Å²) in [6, 6.07) is 8.31. The predicted octanol–water partition coefficient (Wildman–Crippen LogP) is 2.44. The average Bonchev–Trinajstić information content (AvgIpc) is 2.16. The van der Waals surface area contributed by atoms with Gasteiger partial charge in [0, 0.05) is 25.8 Å². The number of rotatable bonds is 3. The van der Waals surface area contributed by atoms with Crippen molar-refractivity contribution in [2.75, 3.05) is 24.3 Å². The lowest BCUT2D eigenvalue weighted by Crippen LogP contribution is -2.13. The Balaban J connectivity index is 3.09. The zero-order chi connectivity index (χ0) is 11.4. The number of benzene rings is 1. The SMILES string of the molecule is CC(C)Nc1cc(N(C)C)ccc1C#N. The van der Waals surface area contributed by atoms with Gasteiger partial charge >= 0.3 is 0 Å². The average molecular weight is 203 g/mol. The van der Waals surface area contributed by atoms with Crippen LogP contribution in [-0.4, -0.2) is 20.1 Å². The molecule has 1 N–H and O–H groups in total. The van der Waals surface area contributed by atoms with Crippen LogP contribution in [0, 0.1) is 11.3 Å². The molecule has 0 aromatic heterocycles. The predicted molar refractivity (Wildman–Crippen MR) is 64.2 cm³/mol. The van der Waals surface area contributed by atoms with Gasteiger partial charge in [0.1, 0.15) is 6.07 Å². The molecule has 0 saturated heterocycles. The molecular weight excluding hydrogens is 186 g/mol. The van der Waals surface area contributed by atoms with Gasteiger partial charge < -0.3 is 10.2 Å². The van der Waals surface area contributed by atoms with Gasteiger partial charge in [0.25, 0.3) is 0 Å². The standard InChI is InChI=1S/C12H17N3/c1-9(2)14-12-7-11(15(3)4)6-5-10(12)8-13/h5-7,9,14H,1-4H3. The van der Waals surface area contributed by atoms with Crippen molar-refractivity contribution in [3.63, 3.8) is 0 Å². The number of nitriles is 1. The fourth-order valence-electron chi connectivity index (χ4n) is 1.34. The van der Waals surface area contributed by atoms with Crippen LogP contribution in [0.15, 0.2) is 18.2 Å². The summed E-state index contributed by atoms with van der Waals surface area (Å²) in [4.78, 5) is 2.02. The van der Waals surface area contributed by atoms with Gasteiger partial charge in [-0.1, -0.05) is 0 Å². The van der Waals surface area contributed by atoms with E-state index in [1.54, 1.807) is 0 Å². The molecule has 0 bridgehead atoms. The molecule has 0 fully saturated rings. The summed E-state index contributed by atoms with van der Waals surface area (Å²) >= 11 is 0. The van der Waals surface area contributed by atoms with Gasteiger partial charge in [-0.15, -0.1) is 0 Å². The van der Waals surface area contributed by atoms with Crippen LogP contribution in [0.4, 0.5) is 11.4 Å². The Labute approximate surface area is 91.3 Å². The molecule has 1 rings (SSSR count). The van der Waals surface area contributed by atoms with E-state index in [1.807, 2.05) is 37.2 Å². The Morgan fingerprint density at radius 3 is 2.47 bits per heavy atom. The van der Waals surface area contributed by atoms with E-state index >= 15 is 0 Å². The number of anilines is 2. The lowest BCUT2D eigenvalue weighted by atomic mass is 10.1. The number of nitrogens with one attached hydrogen (secondary N) is 1. The van der Waals surface area contributed by atoms with Gasteiger partial charge in [0.2, 0.25) is 0 Å². The van der Waals surface area contributed by atoms with E-state index in [1.165, 1.54) is 0 Å². The van der Waals surface area contributed by atoms with Crippen LogP contribution in [0.1, 0.15) is 19.4 Å². The summed E-state index contributed by atoms with van der Waals surface area (Å²) in [5.41, 5.74) is 2.69. The van der Waals surface area contributed by atoms with E-state index in [0.29, 0.717) is 11.6 Å². The maximum Gasteiger partial charge on any atom is 0.101 e. The van der Waals surface area contributed by atoms with Crippen molar-refractivity contribution in [3.8, 4) is 6.07 Å². The quantitative estimate of drug-likeness (QED) is 0.820. The third kappa shape index (κ3) is 2.88. The van der Waals surface area contributed by atoms with Crippen LogP contribution in [0.5, 0.6) is 0 Å². The Kier molecular flexibility index (Phi) is 3.56. The highest BCUT2D eigenvalue weighted by atomic mass is 15.1. The number of hydrogen-bond acceptors (Lipinski definition) is 3. The first-order valence-electron chi connectivity index (χ1n) is 5.02. The Morgan fingerprint density at radius 1 is 1.33 bits per heavy atom. The Morgan fingerprint density at radius 2 is 2.00 bits per heavy atom. The summed E-state index contributed by atoms with van der Waals surface area (Å²) in [7, 11) is 3.97. The van der Waals surface area contributed by atoms with Crippen LogP contribution in [0.3, 0.4) is 0 Å². The maximum atomic E-state index is 8.96. The third-order valence-electron chi connectivity index (χ3n) is 2.08. The van der Waals surface area contributed by atoms with Crippen molar-refractivity contribution in [2.45, 2.75) is 19.9 Å². The molecule has 0 saturated carbocycles. The van der Waals surface area contributed by atoms with Crippen molar-refractivity contribution in [2.24, 2.45) is 0 Å². The van der Waals surface area contributed by atoms with Crippen molar-refractivity contribution >= 4 is 11.4 Å². The summed E-state index contributed by atoms with van der Waals surface area (Å²) < 4.78 is 0. The van der Waals surface area contributed by atoms with Crippen LogP contribution in [0.25, 0.3) is 0 Å². The molecule has 0 aliphatic rings. The zero-order valence-corrected chi connectivity index (χ0v) is 9.70. The fourth-order valence-corrected chi connectivity index (χ4v) is 1.34. The van der Waals surface area contributed by atoms with Crippen LogP contribution >= 0.6 is 0 Å². The molecular formula is C12H17N3. The minimum absolute atomic E-state index is 0.328. The molecule has 0 atom stereocenters. The van der Waals surface area contributed by atoms with Gasteiger partial charge in [-0.05, 0) is 32.0 Å². The first kappa shape index (κ1) is 11.4. The van der Waals surface area contributed by atoms with Gasteiger partial charge in [-0.3, -0.25) is 0 Å². The van der Waals surface area contributed by atoms with E-state index in [4.69, 9.17) is 5.26 Å². The highest BCUT2D eigenvalue weighted by Crippen LogP contribution is 2.22. The summed E-state index contributed by atoms with van der Waals surface area (Å²) in [5, 5.41) is 12.2. The Bertz CT molecular complexity index is 375. The molecule has 0 heterocycles. The molecule has 1 aromatic carbocycles. The highest BCUT2D eigenvalue weighted by Gasteiger charge is 2.05. The van der Waals surface area contributed by atoms with Crippen LogP contribution in [-0.2, 0) is 0 Å². The maximum absolute atomic E-state index is 8.96. The van der Waals surface area contributed by atoms with Gasteiger partial charge in [-0.2, -0.15) is 5.26 Å². The molecule has 3 heteroatoms. The topological polar surface area (TPSA) is 39.1 Å². The van der Waals surface area contributed by atoms with Crippen LogP contribution in [0.2, 0.25) is 0 Å². The zero-order valence-electron chi connectivity index (χ0n) is 9.70. The number of nitrogens with zero attached hydrogens (tertiary/aromatic N) is 2. The van der Waals surface area contributed by atoms with E-state index in [-0.39, 0.29) is 0 Å². The summed E-state index contributed by atoms with van der Waals surface area (Å²) in [5.74, 6) is 0. The van der Waals surface area contributed by atoms with E-state index in [0.717, 1.165) is 11.4 Å². The minimum atomic E-state index is 0.328. The van der Waals surface area contributed by atoms with Crippen LogP contribution < -0.4 is 10.2 Å². The molecule has 1 aromatic rings. The molecule has 0 aliphatic heterocycles. The van der Waals surface area contributed by atoms with Gasteiger partial charge in [-0.25, -0.2) is 0 Å². The second kappa shape index (κ2) is 4.70. The second-order valence-corrected chi connectivity index (χ2v) is 4.04. The van der Waals surface area contributed by atoms with Crippen molar-refractivity contribution in [1.82, 2.24) is 0 Å². The molecule has 0 unspecified atom stereocenters. The highest BCUT2D eigenvalue weighted by molar-refractivity contribution is 5.65. The second-order valence-electron chi connectivity index (χ2n) is 4.04. The lowest BCUT2D eigenvalue weighted by Gasteiger charge is -2.17.